The van der Waals surface area contributed by atoms with Gasteiger partial charge in [-0.1, -0.05) is 18.2 Å². The molecule has 0 bridgehead atoms. The number of amides is 1. The van der Waals surface area contributed by atoms with Crippen molar-refractivity contribution < 1.29 is 14.7 Å². The van der Waals surface area contributed by atoms with Gasteiger partial charge in [0.15, 0.2) is 0 Å². The minimum Gasteiger partial charge on any atom is -0.481 e. The van der Waals surface area contributed by atoms with E-state index < -0.39 is 5.97 Å². The summed E-state index contributed by atoms with van der Waals surface area (Å²) in [5, 5.41) is 10.1. The third kappa shape index (κ3) is 3.11. The largest absolute Gasteiger partial charge is 0.481 e. The first-order chi connectivity index (χ1) is 10.6. The lowest BCUT2D eigenvalue weighted by Gasteiger charge is -2.34. The molecule has 1 atom stereocenters. The Kier molecular flexibility index (Phi) is 4.38. The number of nitrogens with zero attached hydrogens (tertiary/aromatic N) is 2. The molecule has 2 aromatic rings. The van der Waals surface area contributed by atoms with E-state index in [9.17, 15) is 9.59 Å². The fraction of sp³-hybridized carbons (Fsp3) is 0.375. The van der Waals surface area contributed by atoms with E-state index >= 15 is 0 Å². The van der Waals surface area contributed by atoms with Crippen LogP contribution in [0.15, 0.2) is 36.5 Å². The highest BCUT2D eigenvalue weighted by Gasteiger charge is 2.28. The summed E-state index contributed by atoms with van der Waals surface area (Å²) in [4.78, 5) is 25.3. The van der Waals surface area contributed by atoms with Crippen LogP contribution < -0.4 is 0 Å². The first kappa shape index (κ1) is 15.0. The van der Waals surface area contributed by atoms with Gasteiger partial charge >= 0.3 is 5.97 Å². The van der Waals surface area contributed by atoms with E-state index in [2.05, 4.69) is 0 Å². The second-order valence-electron chi connectivity index (χ2n) is 5.42. The van der Waals surface area contributed by atoms with Crippen LogP contribution >= 0.6 is 11.8 Å². The summed E-state index contributed by atoms with van der Waals surface area (Å²) in [5.74, 6) is 0.711. The predicted octanol–water partition coefficient (Wildman–Crippen LogP) is 2.06. The number of carbonyl (C=O) groups is 2. The molecule has 5 nitrogen and oxygen atoms in total. The molecular formula is C16H18N2O3S. The van der Waals surface area contributed by atoms with Crippen LogP contribution in [0.1, 0.15) is 6.42 Å². The van der Waals surface area contributed by atoms with E-state index in [0.717, 1.165) is 16.7 Å². The Hall–Kier alpha value is -1.95. The van der Waals surface area contributed by atoms with Crippen LogP contribution in [0.2, 0.25) is 0 Å². The number of para-hydroxylation sites is 1. The Labute approximate surface area is 132 Å². The van der Waals surface area contributed by atoms with Gasteiger partial charge in [0.2, 0.25) is 5.91 Å². The fourth-order valence-electron chi connectivity index (χ4n) is 2.87. The summed E-state index contributed by atoms with van der Waals surface area (Å²) >= 11 is 1.71. The minimum absolute atomic E-state index is 0.00657. The molecule has 1 N–H and O–H groups in total. The van der Waals surface area contributed by atoms with Crippen LogP contribution in [0.3, 0.4) is 0 Å². The van der Waals surface area contributed by atoms with Crippen molar-refractivity contribution in [1.82, 2.24) is 9.47 Å². The van der Waals surface area contributed by atoms with Crippen molar-refractivity contribution in [1.29, 1.82) is 0 Å². The van der Waals surface area contributed by atoms with Gasteiger partial charge in [-0.15, -0.1) is 0 Å². The maximum atomic E-state index is 12.6. The van der Waals surface area contributed by atoms with Crippen LogP contribution in [0.25, 0.3) is 10.9 Å². The van der Waals surface area contributed by atoms with Crippen LogP contribution in [-0.4, -0.2) is 50.5 Å². The zero-order chi connectivity index (χ0) is 15.5. The number of benzene rings is 1. The van der Waals surface area contributed by atoms with Crippen molar-refractivity contribution in [3.8, 4) is 0 Å². The van der Waals surface area contributed by atoms with Gasteiger partial charge in [0.25, 0.3) is 0 Å². The molecule has 1 aromatic carbocycles. The molecule has 116 valence electrons. The average molecular weight is 318 g/mol. The number of carboxylic acids is 1. The molecule has 1 unspecified atom stereocenters. The molecule has 1 aliphatic rings. The number of aromatic nitrogens is 1. The monoisotopic (exact) mass is 318 g/mol. The van der Waals surface area contributed by atoms with Crippen molar-refractivity contribution in [2.75, 3.05) is 18.1 Å². The number of carbonyl (C=O) groups excluding carboxylic acids is 1. The number of thioether (sulfide) groups is 1. The molecule has 1 aromatic heterocycles. The number of rotatable bonds is 4. The Bertz CT molecular complexity index is 698. The normalized spacial score (nSPS) is 18.5. The van der Waals surface area contributed by atoms with Crippen molar-refractivity contribution in [3.63, 3.8) is 0 Å². The lowest BCUT2D eigenvalue weighted by molar-refractivity contribution is -0.140. The summed E-state index contributed by atoms with van der Waals surface area (Å²) in [6.07, 6.45) is 1.93. The van der Waals surface area contributed by atoms with Crippen molar-refractivity contribution in [2.24, 2.45) is 0 Å². The van der Waals surface area contributed by atoms with Crippen molar-refractivity contribution in [3.05, 3.63) is 36.5 Å². The topological polar surface area (TPSA) is 62.5 Å². The molecule has 6 heteroatoms. The van der Waals surface area contributed by atoms with Crippen molar-refractivity contribution in [2.45, 2.75) is 19.0 Å². The third-order valence-electron chi connectivity index (χ3n) is 3.94. The lowest BCUT2D eigenvalue weighted by Crippen LogP contribution is -2.48. The number of fused-ring (bicyclic) bond motifs is 1. The molecule has 1 saturated heterocycles. The summed E-state index contributed by atoms with van der Waals surface area (Å²) in [6.45, 7) is 0.884. The van der Waals surface area contributed by atoms with E-state index in [1.807, 2.05) is 41.1 Å². The van der Waals surface area contributed by atoms with Crippen LogP contribution in [0, 0.1) is 0 Å². The molecule has 1 amide bonds. The highest BCUT2D eigenvalue weighted by Crippen LogP contribution is 2.21. The second kappa shape index (κ2) is 6.44. The van der Waals surface area contributed by atoms with Crippen LogP contribution in [0.4, 0.5) is 0 Å². The summed E-state index contributed by atoms with van der Waals surface area (Å²) < 4.78 is 1.93. The predicted molar refractivity (Wildman–Crippen MR) is 87.0 cm³/mol. The smallest absolute Gasteiger partial charge is 0.305 e. The average Bonchev–Trinajstić information content (AvgIpc) is 2.90. The Morgan fingerprint density at radius 3 is 2.91 bits per heavy atom. The summed E-state index contributed by atoms with van der Waals surface area (Å²) in [7, 11) is 0. The molecule has 1 aliphatic heterocycles. The maximum absolute atomic E-state index is 12.6. The van der Waals surface area contributed by atoms with Crippen LogP contribution in [0.5, 0.6) is 0 Å². The van der Waals surface area contributed by atoms with Crippen molar-refractivity contribution >= 4 is 34.5 Å². The molecule has 0 aliphatic carbocycles. The van der Waals surface area contributed by atoms with E-state index in [4.69, 9.17) is 5.11 Å². The third-order valence-corrected chi connectivity index (χ3v) is 5.04. The lowest BCUT2D eigenvalue weighted by atomic mass is 10.2. The van der Waals surface area contributed by atoms with E-state index in [1.165, 1.54) is 0 Å². The zero-order valence-corrected chi connectivity index (χ0v) is 13.0. The quantitative estimate of drug-likeness (QED) is 0.937. The molecule has 22 heavy (non-hydrogen) atoms. The molecule has 1 fully saturated rings. The number of hydrogen-bond donors (Lipinski definition) is 1. The fourth-order valence-corrected chi connectivity index (χ4v) is 3.93. The SMILES string of the molecule is O=C(O)CC1CSCCN1C(=O)Cn1ccc2ccccc21. The molecule has 3 rings (SSSR count). The highest BCUT2D eigenvalue weighted by molar-refractivity contribution is 7.99. The van der Waals surface area contributed by atoms with Gasteiger partial charge in [-0.3, -0.25) is 9.59 Å². The Balaban J connectivity index is 1.76. The first-order valence-electron chi connectivity index (χ1n) is 7.28. The maximum Gasteiger partial charge on any atom is 0.305 e. The van der Waals surface area contributed by atoms with E-state index in [1.54, 1.807) is 16.7 Å². The first-order valence-corrected chi connectivity index (χ1v) is 8.43. The summed E-state index contributed by atoms with van der Waals surface area (Å²) in [6, 6.07) is 9.71. The summed E-state index contributed by atoms with van der Waals surface area (Å²) in [5.41, 5.74) is 1.03. The van der Waals surface area contributed by atoms with Gasteiger partial charge in [0, 0.05) is 29.8 Å². The standard InChI is InChI=1S/C16H18N2O3S/c19-15(18-7-8-22-11-13(18)9-16(20)21)10-17-6-5-12-3-1-2-4-14(12)17/h1-6,13H,7-11H2,(H,20,21). The number of aliphatic carboxylic acids is 1. The molecule has 2 heterocycles. The molecule has 0 saturated carbocycles. The Morgan fingerprint density at radius 1 is 1.27 bits per heavy atom. The second-order valence-corrected chi connectivity index (χ2v) is 6.57. The van der Waals surface area contributed by atoms with Gasteiger partial charge in [0.05, 0.1) is 12.5 Å². The van der Waals surface area contributed by atoms with Gasteiger partial charge < -0.3 is 14.6 Å². The zero-order valence-electron chi connectivity index (χ0n) is 12.1. The molecule has 0 spiro atoms. The Morgan fingerprint density at radius 2 is 2.09 bits per heavy atom. The molecular weight excluding hydrogens is 300 g/mol. The van der Waals surface area contributed by atoms with Gasteiger partial charge in [-0.05, 0) is 17.5 Å². The van der Waals surface area contributed by atoms with Gasteiger partial charge in [0.1, 0.15) is 6.54 Å². The van der Waals surface area contributed by atoms with Gasteiger partial charge in [-0.2, -0.15) is 11.8 Å². The van der Waals surface area contributed by atoms with E-state index in [0.29, 0.717) is 12.3 Å². The highest BCUT2D eigenvalue weighted by atomic mass is 32.2. The van der Waals surface area contributed by atoms with E-state index in [-0.39, 0.29) is 24.9 Å². The minimum atomic E-state index is -0.850. The van der Waals surface area contributed by atoms with Crippen LogP contribution in [-0.2, 0) is 16.1 Å². The van der Waals surface area contributed by atoms with Gasteiger partial charge in [-0.25, -0.2) is 0 Å². The number of hydrogen-bond acceptors (Lipinski definition) is 3. The number of carboxylic acid groups (broad SMARTS) is 1. The molecule has 0 radical (unpaired) electrons.